The Morgan fingerprint density at radius 2 is 0.845 bits per heavy atom. The average Bonchev–Trinajstić information content (AvgIpc) is 4.29. The molecule has 3 aliphatic heterocycles. The van der Waals surface area contributed by atoms with E-state index in [0.29, 0.717) is 17.7 Å². The topological polar surface area (TPSA) is 258 Å². The molecule has 3 heterocycles. The smallest absolute Gasteiger partial charge is 0.350 e. The SMILES string of the molecule is C=C(C)C(=O)OCCOC(=O)c1ccccc1C(=O)Oc1c2c(c(OC(=O)c3ccccc3C(=O)OCCOC(=O)C(=C)C)c3c1SC(=C1C(=O)N(Cc4ccccc4)N(Cc4ccccc4)C1=O)S3)SC(=C(C#N)C(=O)OCCOCC)S2. The molecular weight excluding hydrogens is 1160 g/mol. The number of rotatable bonds is 23. The summed E-state index contributed by atoms with van der Waals surface area (Å²) >= 11 is 3.20. The van der Waals surface area contributed by atoms with E-state index in [-0.39, 0.29) is 118 Å². The molecule has 0 spiro atoms. The summed E-state index contributed by atoms with van der Waals surface area (Å²) < 4.78 is 44.2. The van der Waals surface area contributed by atoms with Gasteiger partial charge < -0.3 is 37.9 Å². The normalized spacial score (nSPS) is 13.1. The summed E-state index contributed by atoms with van der Waals surface area (Å²) in [5.74, 6) is -8.61. The first kappa shape index (κ1) is 61.2. The summed E-state index contributed by atoms with van der Waals surface area (Å²) in [5.41, 5.74) is -0.241. The highest BCUT2D eigenvalue weighted by molar-refractivity contribution is 8.26. The second-order valence-electron chi connectivity index (χ2n) is 17.8. The van der Waals surface area contributed by atoms with Crippen LogP contribution in [0, 0.1) is 11.3 Å². The summed E-state index contributed by atoms with van der Waals surface area (Å²) in [7, 11) is 0. The van der Waals surface area contributed by atoms with Gasteiger partial charge in [0.1, 0.15) is 44.7 Å². The maximum absolute atomic E-state index is 15.0. The predicted octanol–water partition coefficient (Wildman–Crippen LogP) is 9.59. The van der Waals surface area contributed by atoms with Gasteiger partial charge in [-0.2, -0.15) is 5.26 Å². The molecule has 0 atom stereocenters. The van der Waals surface area contributed by atoms with Gasteiger partial charge in [0.15, 0.2) is 17.1 Å². The van der Waals surface area contributed by atoms with E-state index in [0.717, 1.165) is 47.0 Å². The lowest BCUT2D eigenvalue weighted by Crippen LogP contribution is -2.39. The van der Waals surface area contributed by atoms with E-state index < -0.39 is 72.4 Å². The Kier molecular flexibility index (Phi) is 20.7. The molecule has 0 N–H and O–H groups in total. The van der Waals surface area contributed by atoms with Gasteiger partial charge in [0.25, 0.3) is 11.8 Å². The number of amides is 2. The van der Waals surface area contributed by atoms with E-state index >= 15 is 0 Å². The highest BCUT2D eigenvalue weighted by atomic mass is 32.2. The molecule has 2 amide bonds. The summed E-state index contributed by atoms with van der Waals surface area (Å²) in [5, 5.41) is 13.2. The van der Waals surface area contributed by atoms with E-state index in [1.54, 1.807) is 55.5 Å². The first-order chi connectivity index (χ1) is 40.5. The quantitative estimate of drug-likeness (QED) is 0.0112. The van der Waals surface area contributed by atoms with Gasteiger partial charge in [-0.15, -0.1) is 0 Å². The van der Waals surface area contributed by atoms with Crippen molar-refractivity contribution in [1.29, 1.82) is 5.26 Å². The van der Waals surface area contributed by atoms with Crippen LogP contribution < -0.4 is 9.47 Å². The number of ether oxygens (including phenoxy) is 8. The van der Waals surface area contributed by atoms with Crippen molar-refractivity contribution in [3.8, 4) is 17.6 Å². The Hall–Kier alpha value is -8.86. The Balaban J connectivity index is 1.26. The molecule has 0 unspecified atom stereocenters. The van der Waals surface area contributed by atoms with Gasteiger partial charge >= 0.3 is 41.8 Å². The molecule has 430 valence electrons. The number of carbonyl (C=O) groups is 9. The highest BCUT2D eigenvalue weighted by Gasteiger charge is 2.47. The molecule has 5 aromatic carbocycles. The van der Waals surface area contributed by atoms with Gasteiger partial charge in [-0.1, -0.05) is 145 Å². The number of hydrazine groups is 1. The number of hydrogen-bond donors (Lipinski definition) is 0. The van der Waals surface area contributed by atoms with Crippen molar-refractivity contribution >= 4 is 101 Å². The van der Waals surface area contributed by atoms with Gasteiger partial charge in [-0.05, 0) is 56.2 Å². The molecule has 0 bridgehead atoms. The monoisotopic (exact) mass is 1210 g/mol. The Morgan fingerprint density at radius 1 is 0.488 bits per heavy atom. The van der Waals surface area contributed by atoms with Crippen molar-refractivity contribution in [3.63, 3.8) is 0 Å². The fourth-order valence-corrected chi connectivity index (χ4v) is 13.3. The third kappa shape index (κ3) is 14.3. The van der Waals surface area contributed by atoms with E-state index in [4.69, 9.17) is 37.9 Å². The van der Waals surface area contributed by atoms with Crippen LogP contribution in [0.3, 0.4) is 0 Å². The van der Waals surface area contributed by atoms with Gasteiger partial charge in [-0.25, -0.2) is 43.6 Å². The number of benzene rings is 5. The van der Waals surface area contributed by atoms with Crippen molar-refractivity contribution in [2.75, 3.05) is 46.2 Å². The van der Waals surface area contributed by atoms with Crippen molar-refractivity contribution < 1.29 is 81.0 Å². The van der Waals surface area contributed by atoms with Gasteiger partial charge in [0.2, 0.25) is 0 Å². The predicted molar refractivity (Wildman–Crippen MR) is 306 cm³/mol. The fraction of sp³-hybridized carbons (Fsp3) is 0.200. The summed E-state index contributed by atoms with van der Waals surface area (Å²) in [6.45, 7) is 10.3. The van der Waals surface area contributed by atoms with Crippen molar-refractivity contribution in [2.45, 2.75) is 53.4 Å². The fourth-order valence-electron chi connectivity index (χ4n) is 7.86. The van der Waals surface area contributed by atoms with E-state index in [2.05, 4.69) is 13.2 Å². The minimum atomic E-state index is -1.13. The number of esters is 7. The Morgan fingerprint density at radius 3 is 1.24 bits per heavy atom. The molecule has 24 heteroatoms. The maximum atomic E-state index is 15.0. The van der Waals surface area contributed by atoms with Crippen LogP contribution in [-0.4, -0.2) is 110 Å². The molecule has 84 heavy (non-hydrogen) atoms. The summed E-state index contributed by atoms with van der Waals surface area (Å²) in [6, 6.07) is 30.9. The molecule has 5 aromatic rings. The van der Waals surface area contributed by atoms with Gasteiger partial charge in [-0.3, -0.25) is 9.59 Å². The third-order valence-electron chi connectivity index (χ3n) is 11.9. The first-order valence-electron chi connectivity index (χ1n) is 25.4. The molecule has 1 fully saturated rings. The Labute approximate surface area is 498 Å². The maximum Gasteiger partial charge on any atom is 0.350 e. The zero-order valence-corrected chi connectivity index (χ0v) is 48.4. The van der Waals surface area contributed by atoms with Crippen LogP contribution in [0.15, 0.2) is 173 Å². The minimum absolute atomic E-state index is 0.00371. The van der Waals surface area contributed by atoms with Crippen LogP contribution >= 0.6 is 47.0 Å². The second kappa shape index (κ2) is 28.4. The molecule has 0 aliphatic carbocycles. The Bertz CT molecular complexity index is 3430. The number of nitrogens with zero attached hydrogens (tertiary/aromatic N) is 3. The zero-order valence-electron chi connectivity index (χ0n) is 45.1. The van der Waals surface area contributed by atoms with E-state index in [1.165, 1.54) is 72.4 Å². The molecule has 3 aliphatic rings. The summed E-state index contributed by atoms with van der Waals surface area (Å²) in [4.78, 5) is 124. The standard InChI is InChI=1S/C60H49N3O17S4/c1-6-73-25-26-76-56(70)42(31-61)59-81-46-44(79-57(71)40-23-15-13-21-38(40)54(68)77-29-27-74-52(66)34(2)3)48-49(45(47(46)82-59)80-58(72)41-24-16-14-22-39(41)55(69)78-30-28-75-53(67)35(4)5)84-60(83-48)43-50(64)62(32-36-17-9-7-10-18-36)63(51(43)65)33-37-19-11-8-12-20-37/h7-24H,2,4,6,25-30,32-33H2,1,3,5H3. The lowest BCUT2D eigenvalue weighted by atomic mass is 10.1. The second-order valence-corrected chi connectivity index (χ2v) is 22.4. The highest BCUT2D eigenvalue weighted by Crippen LogP contribution is 2.69. The molecule has 1 saturated heterocycles. The summed E-state index contributed by atoms with van der Waals surface area (Å²) in [6.07, 6.45) is 0. The van der Waals surface area contributed by atoms with Crippen molar-refractivity contribution in [2.24, 2.45) is 0 Å². The molecule has 8 rings (SSSR count). The van der Waals surface area contributed by atoms with Crippen LogP contribution in [0.2, 0.25) is 0 Å². The van der Waals surface area contributed by atoms with Gasteiger partial charge in [0, 0.05) is 17.8 Å². The van der Waals surface area contributed by atoms with Crippen LogP contribution in [0.1, 0.15) is 73.3 Å². The largest absolute Gasteiger partial charge is 0.459 e. The van der Waals surface area contributed by atoms with Crippen LogP contribution in [0.25, 0.3) is 0 Å². The number of fused-ring (bicyclic) bond motifs is 2. The third-order valence-corrected chi connectivity index (χ3v) is 17.1. The number of nitriles is 1. The first-order valence-corrected chi connectivity index (χ1v) is 28.7. The van der Waals surface area contributed by atoms with Crippen LogP contribution in [0.4, 0.5) is 0 Å². The lowest BCUT2D eigenvalue weighted by Gasteiger charge is -2.27. The van der Waals surface area contributed by atoms with Gasteiger partial charge in [0.05, 0.1) is 70.0 Å². The number of hydrogen-bond acceptors (Lipinski definition) is 22. The van der Waals surface area contributed by atoms with Crippen molar-refractivity contribution in [1.82, 2.24) is 10.0 Å². The minimum Gasteiger partial charge on any atom is -0.459 e. The molecule has 0 radical (unpaired) electrons. The van der Waals surface area contributed by atoms with Crippen LogP contribution in [-0.2, 0) is 65.5 Å². The molecule has 20 nitrogen and oxygen atoms in total. The lowest BCUT2D eigenvalue weighted by molar-refractivity contribution is -0.149. The average molecular weight is 1210 g/mol. The molecule has 0 aromatic heterocycles. The number of carbonyl (C=O) groups excluding carboxylic acids is 9. The molecule has 0 saturated carbocycles. The van der Waals surface area contributed by atoms with E-state index in [1.807, 2.05) is 18.2 Å². The van der Waals surface area contributed by atoms with Crippen molar-refractivity contribution in [3.05, 3.63) is 186 Å². The zero-order chi connectivity index (χ0) is 60.0. The van der Waals surface area contributed by atoms with E-state index in [9.17, 15) is 48.4 Å². The number of thioether (sulfide) groups is 4. The molecular formula is C60H49N3O17S4. The van der Waals surface area contributed by atoms with Crippen LogP contribution in [0.5, 0.6) is 11.5 Å².